The van der Waals surface area contributed by atoms with E-state index in [1.807, 2.05) is 0 Å². The fourth-order valence-electron chi connectivity index (χ4n) is 3.98. The van der Waals surface area contributed by atoms with E-state index in [0.717, 1.165) is 0 Å². The van der Waals surface area contributed by atoms with E-state index in [4.69, 9.17) is 18.5 Å². The number of aromatic nitrogens is 2. The van der Waals surface area contributed by atoms with Crippen molar-refractivity contribution in [3.8, 4) is 0 Å². The van der Waals surface area contributed by atoms with Crippen LogP contribution in [-0.4, -0.2) is 59.5 Å². The van der Waals surface area contributed by atoms with Gasteiger partial charge in [-0.1, -0.05) is 0 Å². The van der Waals surface area contributed by atoms with Crippen molar-refractivity contribution in [3.05, 3.63) is 32.6 Å². The maximum atomic E-state index is 13.1. The first-order valence-corrected chi connectivity index (χ1v) is 10.6. The van der Waals surface area contributed by atoms with Crippen molar-refractivity contribution in [1.29, 1.82) is 0 Å². The number of nitrogens with zero attached hydrogens (tertiary/aromatic N) is 1. The Balaban J connectivity index is 2.13. The van der Waals surface area contributed by atoms with Gasteiger partial charge in [-0.25, -0.2) is 4.79 Å². The molecule has 3 rings (SSSR count). The van der Waals surface area contributed by atoms with Crippen LogP contribution in [0, 0.1) is 0 Å². The van der Waals surface area contributed by atoms with Gasteiger partial charge in [-0.3, -0.25) is 18.9 Å². The molecule has 1 aromatic heterocycles. The van der Waals surface area contributed by atoms with E-state index < -0.39 is 42.7 Å². The number of methoxy groups -OCH3 is 1. The largest absolute Gasteiger partial charge is 0.385 e. The maximum absolute atomic E-state index is 13.1. The van der Waals surface area contributed by atoms with Crippen molar-refractivity contribution in [2.45, 2.75) is 44.1 Å². The molecule has 4 atom stereocenters. The second-order valence-corrected chi connectivity index (χ2v) is 8.83. The minimum absolute atomic E-state index is 0.0503. The van der Waals surface area contributed by atoms with Crippen LogP contribution >= 0.6 is 7.60 Å². The van der Waals surface area contributed by atoms with Crippen LogP contribution in [-0.2, 0) is 23.1 Å². The third kappa shape index (κ3) is 3.70. The fourth-order valence-corrected chi connectivity index (χ4v) is 5.91. The summed E-state index contributed by atoms with van der Waals surface area (Å²) < 4.78 is 36.1. The van der Waals surface area contributed by atoms with Crippen LogP contribution in [0.15, 0.2) is 15.7 Å². The summed E-state index contributed by atoms with van der Waals surface area (Å²) in [7, 11) is -2.08. The molecule has 1 aromatic rings. The summed E-state index contributed by atoms with van der Waals surface area (Å²) in [5, 5.41) is 11.1. The first kappa shape index (κ1) is 20.4. The lowest BCUT2D eigenvalue weighted by molar-refractivity contribution is -0.0841. The highest BCUT2D eigenvalue weighted by Gasteiger charge is 2.55. The van der Waals surface area contributed by atoms with Gasteiger partial charge in [0.15, 0.2) is 6.23 Å². The topological polar surface area (TPSA) is 129 Å². The van der Waals surface area contributed by atoms with Crippen LogP contribution in [0.1, 0.15) is 38.1 Å². The molecular weight excluding hydrogens is 379 g/mol. The molecule has 2 aliphatic rings. The van der Waals surface area contributed by atoms with Crippen molar-refractivity contribution in [1.82, 2.24) is 9.55 Å². The van der Waals surface area contributed by atoms with Crippen molar-refractivity contribution in [3.63, 3.8) is 0 Å². The molecule has 2 aliphatic heterocycles. The lowest BCUT2D eigenvalue weighted by atomic mass is 9.88. The molecule has 27 heavy (non-hydrogen) atoms. The number of aromatic amines is 1. The van der Waals surface area contributed by atoms with Crippen molar-refractivity contribution in [2.24, 2.45) is 0 Å². The highest BCUT2D eigenvalue weighted by molar-refractivity contribution is 7.53. The first-order chi connectivity index (χ1) is 12.8. The molecule has 10 nitrogen and oxygen atoms in total. The van der Waals surface area contributed by atoms with E-state index >= 15 is 0 Å². The first-order valence-electron chi connectivity index (χ1n) is 8.87. The molecule has 0 amide bonds. The Labute approximate surface area is 155 Å². The van der Waals surface area contributed by atoms with Gasteiger partial charge in [0.05, 0.1) is 26.0 Å². The predicted octanol–water partition coefficient (Wildman–Crippen LogP) is 0.565. The smallest absolute Gasteiger partial charge is 0.331 e. The zero-order valence-corrected chi connectivity index (χ0v) is 16.4. The summed E-state index contributed by atoms with van der Waals surface area (Å²) in [5.41, 5.74) is -2.36. The van der Waals surface area contributed by atoms with Crippen molar-refractivity contribution >= 4 is 7.60 Å². The minimum atomic E-state index is -3.49. The number of fused-ring (bicyclic) bond motifs is 4. The average Bonchev–Trinajstić information content (AvgIpc) is 2.84. The molecular formula is C16H25N2O8P. The van der Waals surface area contributed by atoms with E-state index in [2.05, 4.69) is 4.98 Å². The van der Waals surface area contributed by atoms with Crippen LogP contribution < -0.4 is 11.2 Å². The third-order valence-corrected chi connectivity index (χ3v) is 7.11. The third-order valence-electron chi connectivity index (χ3n) is 4.92. The summed E-state index contributed by atoms with van der Waals surface area (Å²) in [5.74, 6) is -0.625. The van der Waals surface area contributed by atoms with Crippen molar-refractivity contribution < 1.29 is 28.2 Å². The van der Waals surface area contributed by atoms with Gasteiger partial charge in [-0.05, 0) is 20.3 Å². The predicted molar refractivity (Wildman–Crippen MR) is 95.1 cm³/mol. The van der Waals surface area contributed by atoms with Crippen molar-refractivity contribution in [2.75, 3.05) is 33.1 Å². The van der Waals surface area contributed by atoms with Gasteiger partial charge >= 0.3 is 13.3 Å². The molecule has 0 radical (unpaired) electrons. The Morgan fingerprint density at radius 2 is 2.04 bits per heavy atom. The van der Waals surface area contributed by atoms with Gasteiger partial charge in [0.25, 0.3) is 5.56 Å². The Morgan fingerprint density at radius 3 is 2.63 bits per heavy atom. The lowest BCUT2D eigenvalue weighted by Gasteiger charge is -2.30. The standard InChI is InChI=1S/C16H25N2O8P/c1-4-25-27(22,26-5-2)8-10-7-16(21)9-24-14(13(16)23-3)18-11(10)6-12(19)17-15(18)20/h6,10,13-14,21H,4-5,7-9H2,1-3H3,(H,17,19,20)/t10-,13?,14-,16?/m1/s1. The quantitative estimate of drug-likeness (QED) is 0.631. The molecule has 1 saturated heterocycles. The van der Waals surface area contributed by atoms with E-state index in [1.165, 1.54) is 17.7 Å². The number of hydrogen-bond acceptors (Lipinski definition) is 8. The SMILES string of the molecule is CCOP(=O)(C[C@H]1CC2(O)CO[C@H](C2OC)n2c1cc(=O)[nH]c2=O)OCC. The summed E-state index contributed by atoms with van der Waals surface area (Å²) in [6.45, 7) is 3.72. The molecule has 0 spiro atoms. The second kappa shape index (κ2) is 7.62. The number of H-pyrrole nitrogens is 1. The molecule has 2 bridgehead atoms. The maximum Gasteiger partial charge on any atom is 0.331 e. The number of hydrogen-bond donors (Lipinski definition) is 2. The van der Waals surface area contributed by atoms with Crippen LogP contribution in [0.3, 0.4) is 0 Å². The van der Waals surface area contributed by atoms with Gasteiger partial charge in [0.1, 0.15) is 11.7 Å². The number of nitrogens with one attached hydrogen (secondary N) is 1. The lowest BCUT2D eigenvalue weighted by Crippen LogP contribution is -2.44. The van der Waals surface area contributed by atoms with Crippen LogP contribution in [0.4, 0.5) is 0 Å². The Hall–Kier alpha value is -1.29. The molecule has 11 heteroatoms. The zero-order valence-electron chi connectivity index (χ0n) is 15.5. The van der Waals surface area contributed by atoms with E-state index in [-0.39, 0.29) is 32.4 Å². The molecule has 3 heterocycles. The summed E-state index contributed by atoms with van der Waals surface area (Å²) >= 11 is 0. The summed E-state index contributed by atoms with van der Waals surface area (Å²) in [6, 6.07) is 1.26. The van der Waals surface area contributed by atoms with Crippen LogP contribution in [0.5, 0.6) is 0 Å². The fraction of sp³-hybridized carbons (Fsp3) is 0.750. The number of rotatable bonds is 7. The normalized spacial score (nSPS) is 30.1. The summed E-state index contributed by atoms with van der Waals surface area (Å²) in [4.78, 5) is 26.7. The van der Waals surface area contributed by atoms with Crippen LogP contribution in [0.25, 0.3) is 0 Å². The van der Waals surface area contributed by atoms with E-state index in [9.17, 15) is 19.3 Å². The average molecular weight is 404 g/mol. The Bertz CT molecular complexity index is 842. The molecule has 0 aliphatic carbocycles. The molecule has 152 valence electrons. The highest BCUT2D eigenvalue weighted by Crippen LogP contribution is 2.54. The van der Waals surface area contributed by atoms with Gasteiger partial charge in [0.2, 0.25) is 0 Å². The number of aliphatic hydroxyl groups is 1. The van der Waals surface area contributed by atoms with Gasteiger partial charge in [0, 0.05) is 24.8 Å². The molecule has 0 aromatic carbocycles. The van der Waals surface area contributed by atoms with Gasteiger partial charge in [-0.2, -0.15) is 0 Å². The molecule has 2 N–H and O–H groups in total. The molecule has 2 unspecified atom stereocenters. The van der Waals surface area contributed by atoms with E-state index in [1.54, 1.807) is 13.8 Å². The number of ether oxygens (including phenoxy) is 2. The second-order valence-electron chi connectivity index (χ2n) is 6.73. The Kier molecular flexibility index (Phi) is 5.77. The van der Waals surface area contributed by atoms with E-state index in [0.29, 0.717) is 5.69 Å². The highest BCUT2D eigenvalue weighted by atomic mass is 31.2. The monoisotopic (exact) mass is 404 g/mol. The summed E-state index contributed by atoms with van der Waals surface area (Å²) in [6.07, 6.45) is -1.72. The zero-order chi connectivity index (χ0) is 19.8. The Morgan fingerprint density at radius 1 is 1.37 bits per heavy atom. The van der Waals surface area contributed by atoms with Crippen LogP contribution in [0.2, 0.25) is 0 Å². The van der Waals surface area contributed by atoms with Gasteiger partial charge < -0.3 is 23.6 Å². The van der Waals surface area contributed by atoms with Gasteiger partial charge in [-0.15, -0.1) is 0 Å². The minimum Gasteiger partial charge on any atom is -0.385 e. The molecule has 0 saturated carbocycles. The molecule has 1 fully saturated rings.